The lowest BCUT2D eigenvalue weighted by atomic mass is 10.3. The molecule has 3 nitrogen and oxygen atoms in total. The van der Waals surface area contributed by atoms with E-state index in [1.165, 1.54) is 7.11 Å². The van der Waals surface area contributed by atoms with E-state index in [9.17, 15) is 4.57 Å². The number of hydrogen-bond donors (Lipinski definition) is 0. The number of hydrogen-bond acceptors (Lipinski definition) is 3. The molecule has 0 aliphatic carbocycles. The van der Waals surface area contributed by atoms with Crippen molar-refractivity contribution >= 4 is 19.9 Å². The van der Waals surface area contributed by atoms with E-state index < -0.39 is 8.25 Å². The molecule has 0 aromatic heterocycles. The molecule has 0 bridgehead atoms. The SMILES string of the molecule is CO[P+](=O)Oc1ccc(Cl)cc1. The van der Waals surface area contributed by atoms with E-state index in [1.807, 2.05) is 0 Å². The van der Waals surface area contributed by atoms with Gasteiger partial charge in [0, 0.05) is 9.59 Å². The predicted octanol–water partition coefficient (Wildman–Crippen LogP) is 3.02. The second-order valence-corrected chi connectivity index (χ2v) is 3.38. The summed E-state index contributed by atoms with van der Waals surface area (Å²) in [5, 5.41) is 0.606. The molecule has 0 N–H and O–H groups in total. The van der Waals surface area contributed by atoms with Crippen molar-refractivity contribution in [3.8, 4) is 5.75 Å². The Kier molecular flexibility index (Phi) is 3.48. The minimum atomic E-state index is -2.06. The molecule has 0 amide bonds. The molecule has 64 valence electrons. The van der Waals surface area contributed by atoms with Crippen LogP contribution in [0, 0.1) is 0 Å². The molecule has 5 heteroatoms. The summed E-state index contributed by atoms with van der Waals surface area (Å²) in [5.41, 5.74) is 0. The Labute approximate surface area is 76.2 Å². The van der Waals surface area contributed by atoms with Crippen molar-refractivity contribution in [3.05, 3.63) is 29.3 Å². The molecular weight excluding hydrogens is 199 g/mol. The molecule has 1 rings (SSSR count). The maximum absolute atomic E-state index is 10.7. The monoisotopic (exact) mass is 205 g/mol. The van der Waals surface area contributed by atoms with Crippen molar-refractivity contribution in [2.45, 2.75) is 0 Å². The van der Waals surface area contributed by atoms with Crippen LogP contribution in [0.2, 0.25) is 5.02 Å². The highest BCUT2D eigenvalue weighted by Crippen LogP contribution is 2.27. The number of halogens is 1. The molecule has 1 aromatic carbocycles. The maximum Gasteiger partial charge on any atom is 0.749 e. The van der Waals surface area contributed by atoms with Crippen molar-refractivity contribution in [1.29, 1.82) is 0 Å². The zero-order valence-corrected chi connectivity index (χ0v) is 8.01. The Morgan fingerprint density at radius 1 is 1.33 bits per heavy atom. The van der Waals surface area contributed by atoms with Gasteiger partial charge in [-0.3, -0.25) is 0 Å². The van der Waals surface area contributed by atoms with Crippen LogP contribution in [0.5, 0.6) is 5.75 Å². The fraction of sp³-hybridized carbons (Fsp3) is 0.143. The third-order valence-electron chi connectivity index (χ3n) is 1.14. The molecular formula is C7H7ClO3P+. The molecule has 0 spiro atoms. The summed E-state index contributed by atoms with van der Waals surface area (Å²) < 4.78 is 20.0. The van der Waals surface area contributed by atoms with Gasteiger partial charge in [-0.2, -0.15) is 0 Å². The standard InChI is InChI=1S/C7H7ClO3P/c1-10-12(9)11-7-4-2-6(8)3-5-7/h2-5H,1H3/q+1. The first-order valence-electron chi connectivity index (χ1n) is 3.17. The lowest BCUT2D eigenvalue weighted by Crippen LogP contribution is -1.81. The van der Waals surface area contributed by atoms with E-state index in [0.717, 1.165) is 0 Å². The van der Waals surface area contributed by atoms with Gasteiger partial charge < -0.3 is 0 Å². The van der Waals surface area contributed by atoms with Crippen molar-refractivity contribution < 1.29 is 13.6 Å². The zero-order chi connectivity index (χ0) is 8.97. The van der Waals surface area contributed by atoms with Crippen LogP contribution in [-0.2, 0) is 9.09 Å². The first-order chi connectivity index (χ1) is 5.72. The predicted molar refractivity (Wildman–Crippen MR) is 46.7 cm³/mol. The highest BCUT2D eigenvalue weighted by atomic mass is 35.5. The van der Waals surface area contributed by atoms with Crippen LogP contribution in [0.25, 0.3) is 0 Å². The van der Waals surface area contributed by atoms with E-state index in [-0.39, 0.29) is 0 Å². The van der Waals surface area contributed by atoms with Gasteiger partial charge in [0.15, 0.2) is 5.75 Å². The Morgan fingerprint density at radius 3 is 2.42 bits per heavy atom. The summed E-state index contributed by atoms with van der Waals surface area (Å²) in [5.74, 6) is 0.474. The topological polar surface area (TPSA) is 35.5 Å². The number of rotatable bonds is 3. The molecule has 0 aliphatic heterocycles. The summed E-state index contributed by atoms with van der Waals surface area (Å²) in [4.78, 5) is 0. The fourth-order valence-electron chi connectivity index (χ4n) is 0.619. The summed E-state index contributed by atoms with van der Waals surface area (Å²) in [6.07, 6.45) is 0. The molecule has 0 saturated carbocycles. The molecule has 0 aliphatic rings. The van der Waals surface area contributed by atoms with Gasteiger partial charge in [-0.15, -0.1) is 4.52 Å². The van der Waals surface area contributed by atoms with Crippen LogP contribution in [0.1, 0.15) is 0 Å². The normalized spacial score (nSPS) is 11.0. The molecule has 0 saturated heterocycles. The van der Waals surface area contributed by atoms with E-state index in [2.05, 4.69) is 4.52 Å². The van der Waals surface area contributed by atoms with Crippen molar-refractivity contribution in [1.82, 2.24) is 0 Å². The van der Waals surface area contributed by atoms with E-state index in [4.69, 9.17) is 16.1 Å². The average molecular weight is 206 g/mol. The maximum atomic E-state index is 10.7. The van der Waals surface area contributed by atoms with Gasteiger partial charge in [-0.25, -0.2) is 4.52 Å². The van der Waals surface area contributed by atoms with Crippen molar-refractivity contribution in [2.24, 2.45) is 0 Å². The van der Waals surface area contributed by atoms with Crippen LogP contribution in [0.15, 0.2) is 24.3 Å². The Bertz CT molecular complexity index is 272. The zero-order valence-electron chi connectivity index (χ0n) is 6.36. The smallest absolute Gasteiger partial charge is 0.229 e. The largest absolute Gasteiger partial charge is 0.749 e. The molecule has 1 atom stereocenters. The molecule has 1 unspecified atom stereocenters. The van der Waals surface area contributed by atoms with Crippen LogP contribution in [0.3, 0.4) is 0 Å². The van der Waals surface area contributed by atoms with Gasteiger partial charge in [0.1, 0.15) is 0 Å². The van der Waals surface area contributed by atoms with E-state index in [0.29, 0.717) is 10.8 Å². The Morgan fingerprint density at radius 2 is 1.92 bits per heavy atom. The molecule has 0 heterocycles. The Balaban J connectivity index is 2.64. The van der Waals surface area contributed by atoms with Crippen LogP contribution >= 0.6 is 19.9 Å². The summed E-state index contributed by atoms with van der Waals surface area (Å²) in [7, 11) is -0.743. The quantitative estimate of drug-likeness (QED) is 0.712. The second-order valence-electron chi connectivity index (χ2n) is 1.95. The van der Waals surface area contributed by atoms with Gasteiger partial charge in [0.25, 0.3) is 0 Å². The van der Waals surface area contributed by atoms with Gasteiger partial charge in [-0.1, -0.05) is 11.6 Å². The van der Waals surface area contributed by atoms with Gasteiger partial charge in [0.2, 0.25) is 0 Å². The third kappa shape index (κ3) is 2.78. The van der Waals surface area contributed by atoms with Crippen LogP contribution in [-0.4, -0.2) is 7.11 Å². The lowest BCUT2D eigenvalue weighted by molar-refractivity contribution is 0.349. The Hall–Kier alpha value is -0.630. The average Bonchev–Trinajstić information content (AvgIpc) is 2.09. The summed E-state index contributed by atoms with van der Waals surface area (Å²) in [6, 6.07) is 6.54. The van der Waals surface area contributed by atoms with Gasteiger partial charge in [-0.05, 0) is 24.3 Å². The molecule has 0 fully saturated rings. The highest BCUT2D eigenvalue weighted by Gasteiger charge is 2.18. The third-order valence-corrected chi connectivity index (χ3v) is 2.05. The minimum Gasteiger partial charge on any atom is -0.229 e. The van der Waals surface area contributed by atoms with Crippen LogP contribution in [0.4, 0.5) is 0 Å². The second kappa shape index (κ2) is 4.41. The summed E-state index contributed by atoms with van der Waals surface area (Å²) >= 11 is 5.62. The fourth-order valence-corrected chi connectivity index (χ4v) is 1.11. The summed E-state index contributed by atoms with van der Waals surface area (Å²) in [6.45, 7) is 0. The number of benzene rings is 1. The lowest BCUT2D eigenvalue weighted by Gasteiger charge is -1.90. The van der Waals surface area contributed by atoms with Crippen molar-refractivity contribution in [3.63, 3.8) is 0 Å². The van der Waals surface area contributed by atoms with E-state index >= 15 is 0 Å². The highest BCUT2D eigenvalue weighted by molar-refractivity contribution is 7.33. The van der Waals surface area contributed by atoms with E-state index in [1.54, 1.807) is 24.3 Å². The van der Waals surface area contributed by atoms with Crippen molar-refractivity contribution in [2.75, 3.05) is 7.11 Å². The molecule has 1 aromatic rings. The van der Waals surface area contributed by atoms with Gasteiger partial charge >= 0.3 is 8.25 Å². The minimum absolute atomic E-state index is 0.474. The first kappa shape index (κ1) is 9.46. The van der Waals surface area contributed by atoms with Gasteiger partial charge in [0.05, 0.1) is 7.11 Å². The van der Waals surface area contributed by atoms with Crippen LogP contribution < -0.4 is 4.52 Å². The molecule has 12 heavy (non-hydrogen) atoms. The molecule has 0 radical (unpaired) electrons. The first-order valence-corrected chi connectivity index (χ1v) is 4.64.